The van der Waals surface area contributed by atoms with Crippen molar-refractivity contribution in [1.82, 2.24) is 10.2 Å². The molecule has 0 saturated heterocycles. The van der Waals surface area contributed by atoms with Gasteiger partial charge in [-0.1, -0.05) is 30.3 Å². The van der Waals surface area contributed by atoms with Gasteiger partial charge in [0.05, 0.1) is 38.5 Å². The van der Waals surface area contributed by atoms with Crippen molar-refractivity contribution in [2.24, 2.45) is 0 Å². The molecule has 1 aliphatic rings. The topological polar surface area (TPSA) is 59.9 Å². The lowest BCUT2D eigenvalue weighted by Crippen LogP contribution is -1.99. The highest BCUT2D eigenvalue weighted by molar-refractivity contribution is 7.39. The lowest BCUT2D eigenvalue weighted by molar-refractivity contribution is 0.0990. The van der Waals surface area contributed by atoms with E-state index in [1.54, 1.807) is 40.1 Å². The van der Waals surface area contributed by atoms with Crippen LogP contribution in [0, 0.1) is 0 Å². The molecule has 5 aromatic rings. The number of hydrogen-bond acceptors (Lipinski definition) is 7. The Morgan fingerprint density at radius 1 is 0.759 bits per heavy atom. The van der Waals surface area contributed by atoms with Crippen molar-refractivity contribution in [3.8, 4) is 10.4 Å². The van der Waals surface area contributed by atoms with Crippen LogP contribution in [0.5, 0.6) is 0 Å². The fraction of sp³-hybridized carbons (Fsp3) is 0. The van der Waals surface area contributed by atoms with Crippen LogP contribution in [-0.4, -0.2) is 21.8 Å². The fourth-order valence-corrected chi connectivity index (χ4v) is 7.50. The van der Waals surface area contributed by atoms with Gasteiger partial charge < -0.3 is 0 Å². The first kappa shape index (κ1) is 16.9. The summed E-state index contributed by atoms with van der Waals surface area (Å²) >= 11 is 5.15. The summed E-state index contributed by atoms with van der Waals surface area (Å²) in [5, 5.41) is 7.45. The summed E-state index contributed by atoms with van der Waals surface area (Å²) in [5.74, 6) is -0.548. The first-order valence-corrected chi connectivity index (χ1v) is 11.3. The average Bonchev–Trinajstić information content (AvgIpc) is 3.46. The van der Waals surface area contributed by atoms with Crippen molar-refractivity contribution in [2.75, 3.05) is 0 Å². The monoisotopic (exact) mass is 430 g/mol. The summed E-state index contributed by atoms with van der Waals surface area (Å²) < 4.78 is 4.93. The third-order valence-electron chi connectivity index (χ3n) is 4.90. The van der Waals surface area contributed by atoms with Crippen LogP contribution >= 0.6 is 34.0 Å². The maximum absolute atomic E-state index is 12.6. The summed E-state index contributed by atoms with van der Waals surface area (Å²) in [5.41, 5.74) is 2.08. The van der Waals surface area contributed by atoms with Gasteiger partial charge >= 0.3 is 0 Å². The largest absolute Gasteiger partial charge is 0.288 e. The first-order valence-electron chi connectivity index (χ1n) is 8.82. The Kier molecular flexibility index (Phi) is 3.64. The molecule has 138 valence electrons. The summed E-state index contributed by atoms with van der Waals surface area (Å²) in [6, 6.07) is 14.7. The lowest BCUT2D eigenvalue weighted by Gasteiger charge is -1.93. The second kappa shape index (κ2) is 6.25. The van der Waals surface area contributed by atoms with Gasteiger partial charge in [-0.15, -0.1) is 34.0 Å². The third kappa shape index (κ3) is 2.55. The molecule has 0 atom stereocenters. The lowest BCUT2D eigenvalue weighted by atomic mass is 10.1. The van der Waals surface area contributed by atoms with Crippen LogP contribution in [0.25, 0.3) is 35.3 Å². The Morgan fingerprint density at radius 3 is 2.14 bits per heavy atom. The minimum atomic E-state index is -0.274. The van der Waals surface area contributed by atoms with E-state index in [0.717, 1.165) is 4.88 Å². The number of hydrogen-bond donors (Lipinski definition) is 0. The van der Waals surface area contributed by atoms with Gasteiger partial charge in [0, 0.05) is 19.2 Å². The molecule has 0 amide bonds. The molecule has 0 saturated carbocycles. The molecule has 1 aliphatic carbocycles. The van der Waals surface area contributed by atoms with E-state index >= 15 is 0 Å². The molecule has 4 heterocycles. The molecule has 6 rings (SSSR count). The highest BCUT2D eigenvalue weighted by Gasteiger charge is 2.33. The number of ketones is 2. The Labute approximate surface area is 176 Å². The van der Waals surface area contributed by atoms with Gasteiger partial charge in [0.25, 0.3) is 0 Å². The second-order valence-electron chi connectivity index (χ2n) is 6.65. The van der Waals surface area contributed by atoms with E-state index < -0.39 is 0 Å². The van der Waals surface area contributed by atoms with E-state index in [0.29, 0.717) is 11.1 Å². The fourth-order valence-electron chi connectivity index (χ4n) is 3.52. The van der Waals surface area contributed by atoms with Gasteiger partial charge in [0.15, 0.2) is 11.6 Å². The molecule has 1 aromatic carbocycles. The van der Waals surface area contributed by atoms with Crippen LogP contribution in [0.4, 0.5) is 0 Å². The van der Waals surface area contributed by atoms with Crippen LogP contribution in [0.15, 0.2) is 60.4 Å². The normalized spacial score (nSPS) is 13.6. The van der Waals surface area contributed by atoms with Crippen molar-refractivity contribution in [3.05, 3.63) is 76.4 Å². The van der Waals surface area contributed by atoms with Crippen LogP contribution in [0.1, 0.15) is 25.6 Å². The Bertz CT molecular complexity index is 1450. The summed E-state index contributed by atoms with van der Waals surface area (Å²) in [6.45, 7) is 0. The number of thiophene rings is 3. The SMILES string of the molecule is O=C1C(=Cc2cc3sc4cc(-c5ccccc5)sc4c3s2)C(=O)c2cnncc21. The molecule has 0 unspecified atom stereocenters. The molecular weight excluding hydrogens is 420 g/mol. The standard InChI is InChI=1S/C22H10N2O2S3/c25-19-13(20(26)15-10-24-23-9-14(15)19)6-12-7-17-21(27-12)22-18(28-17)8-16(29-22)11-4-2-1-3-5-11/h1-10H. The molecule has 4 aromatic heterocycles. The molecule has 7 heteroatoms. The van der Waals surface area contributed by atoms with Gasteiger partial charge in [0.2, 0.25) is 0 Å². The number of rotatable bonds is 2. The summed E-state index contributed by atoms with van der Waals surface area (Å²) in [4.78, 5) is 27.3. The van der Waals surface area contributed by atoms with Crippen molar-refractivity contribution < 1.29 is 9.59 Å². The minimum absolute atomic E-state index is 0.191. The average molecular weight is 431 g/mol. The number of allylic oxidation sites excluding steroid dienone is 1. The van der Waals surface area contributed by atoms with E-state index in [1.165, 1.54) is 41.6 Å². The van der Waals surface area contributed by atoms with Crippen molar-refractivity contribution in [1.29, 1.82) is 0 Å². The van der Waals surface area contributed by atoms with Crippen LogP contribution < -0.4 is 0 Å². The van der Waals surface area contributed by atoms with Crippen molar-refractivity contribution in [2.45, 2.75) is 0 Å². The molecule has 0 aliphatic heterocycles. The van der Waals surface area contributed by atoms with E-state index in [2.05, 4.69) is 34.5 Å². The quantitative estimate of drug-likeness (QED) is 0.251. The number of benzene rings is 1. The zero-order valence-corrected chi connectivity index (χ0v) is 17.2. The molecule has 0 N–H and O–H groups in total. The number of aromatic nitrogens is 2. The molecule has 0 radical (unpaired) electrons. The Hall–Kier alpha value is -3.00. The summed E-state index contributed by atoms with van der Waals surface area (Å²) in [7, 11) is 0. The number of carbonyl (C=O) groups excluding carboxylic acids is 2. The van der Waals surface area contributed by atoms with E-state index in [1.807, 2.05) is 18.2 Å². The maximum Gasteiger partial charge on any atom is 0.199 e. The highest BCUT2D eigenvalue weighted by Crippen LogP contribution is 2.46. The third-order valence-corrected chi connectivity index (χ3v) is 8.67. The van der Waals surface area contributed by atoms with E-state index in [9.17, 15) is 9.59 Å². The van der Waals surface area contributed by atoms with Gasteiger partial charge in [-0.05, 0) is 23.8 Å². The number of carbonyl (C=O) groups is 2. The number of fused-ring (bicyclic) bond motifs is 4. The predicted octanol–water partition coefficient (Wildman–Crippen LogP) is 6.10. The van der Waals surface area contributed by atoms with E-state index in [4.69, 9.17) is 0 Å². The minimum Gasteiger partial charge on any atom is -0.288 e. The predicted molar refractivity (Wildman–Crippen MR) is 119 cm³/mol. The number of nitrogens with zero attached hydrogens (tertiary/aromatic N) is 2. The Balaban J connectivity index is 1.44. The van der Waals surface area contributed by atoms with Gasteiger partial charge in [-0.2, -0.15) is 10.2 Å². The van der Waals surface area contributed by atoms with Gasteiger partial charge in [-0.3, -0.25) is 9.59 Å². The smallest absolute Gasteiger partial charge is 0.199 e. The van der Waals surface area contributed by atoms with E-state index in [-0.39, 0.29) is 17.1 Å². The second-order valence-corrected chi connectivity index (χ2v) is 9.87. The maximum atomic E-state index is 12.6. The molecule has 0 bridgehead atoms. The molecule has 4 nitrogen and oxygen atoms in total. The van der Waals surface area contributed by atoms with Gasteiger partial charge in [-0.25, -0.2) is 0 Å². The van der Waals surface area contributed by atoms with Crippen LogP contribution in [-0.2, 0) is 0 Å². The van der Waals surface area contributed by atoms with Crippen molar-refractivity contribution in [3.63, 3.8) is 0 Å². The Morgan fingerprint density at radius 2 is 1.41 bits per heavy atom. The zero-order chi connectivity index (χ0) is 19.5. The highest BCUT2D eigenvalue weighted by atomic mass is 32.1. The van der Waals surface area contributed by atoms with Crippen LogP contribution in [0.2, 0.25) is 0 Å². The zero-order valence-electron chi connectivity index (χ0n) is 14.7. The molecular formula is C22H10N2O2S3. The molecule has 29 heavy (non-hydrogen) atoms. The molecule has 0 fully saturated rings. The number of Topliss-reactive ketones (excluding diaryl/α,β-unsaturated/α-hetero) is 2. The molecule has 0 spiro atoms. The van der Waals surface area contributed by atoms with Crippen molar-refractivity contribution >= 4 is 70.5 Å². The summed E-state index contributed by atoms with van der Waals surface area (Å²) in [6.07, 6.45) is 4.44. The van der Waals surface area contributed by atoms with Crippen LogP contribution in [0.3, 0.4) is 0 Å². The van der Waals surface area contributed by atoms with Gasteiger partial charge in [0.1, 0.15) is 0 Å². The first-order chi connectivity index (χ1) is 14.2.